The van der Waals surface area contributed by atoms with Gasteiger partial charge in [0, 0.05) is 6.61 Å². The van der Waals surface area contributed by atoms with Gasteiger partial charge in [-0.3, -0.25) is 0 Å². The molecule has 0 bridgehead atoms. The van der Waals surface area contributed by atoms with Crippen molar-refractivity contribution in [3.8, 4) is 0 Å². The monoisotopic (exact) mass is 348 g/mol. The lowest BCUT2D eigenvalue weighted by Gasteiger charge is -2.26. The fourth-order valence-electron chi connectivity index (χ4n) is 2.41. The summed E-state index contributed by atoms with van der Waals surface area (Å²) in [5, 5.41) is 18.1. The van der Waals surface area contributed by atoms with Crippen LogP contribution >= 0.6 is 0 Å². The first-order valence-electron chi connectivity index (χ1n) is 8.32. The van der Waals surface area contributed by atoms with Gasteiger partial charge in [0.1, 0.15) is 19.3 Å². The molecule has 0 heterocycles. The molecule has 1 aliphatic rings. The van der Waals surface area contributed by atoms with E-state index in [1.807, 2.05) is 0 Å². The second-order valence-electron chi connectivity index (χ2n) is 6.28. The highest BCUT2D eigenvalue weighted by Gasteiger charge is 2.22. The summed E-state index contributed by atoms with van der Waals surface area (Å²) in [6.45, 7) is 3.24. The zero-order valence-electron chi connectivity index (χ0n) is 14.3. The Morgan fingerprint density at radius 3 is 2.12 bits per heavy atom. The Bertz CT molecular complexity index is 376. The molecule has 140 valence electrons. The molecule has 0 aromatic heterocycles. The lowest BCUT2D eigenvalue weighted by Crippen LogP contribution is -2.26. The van der Waals surface area contributed by atoms with Crippen LogP contribution in [0.2, 0.25) is 0 Å². The second-order valence-corrected chi connectivity index (χ2v) is 6.28. The molecule has 0 aromatic rings. The van der Waals surface area contributed by atoms with Crippen LogP contribution in [0.5, 0.6) is 0 Å². The third-order valence-electron chi connectivity index (χ3n) is 3.84. The summed E-state index contributed by atoms with van der Waals surface area (Å²) >= 11 is 0. The van der Waals surface area contributed by atoms with Gasteiger partial charge >= 0.3 is 12.3 Å². The molecule has 1 saturated carbocycles. The van der Waals surface area contributed by atoms with E-state index in [4.69, 9.17) is 24.4 Å². The third-order valence-corrected chi connectivity index (χ3v) is 3.84. The van der Waals surface area contributed by atoms with Crippen molar-refractivity contribution in [2.45, 2.75) is 51.7 Å². The van der Waals surface area contributed by atoms with Gasteiger partial charge in [0.2, 0.25) is 0 Å². The van der Waals surface area contributed by atoms with Crippen LogP contribution in [0.3, 0.4) is 0 Å². The molecule has 8 nitrogen and oxygen atoms in total. The third kappa shape index (κ3) is 8.93. The fourth-order valence-corrected chi connectivity index (χ4v) is 2.41. The van der Waals surface area contributed by atoms with Crippen molar-refractivity contribution in [2.24, 2.45) is 11.8 Å². The number of hydrogen-bond acceptors (Lipinski definition) is 8. The van der Waals surface area contributed by atoms with E-state index >= 15 is 0 Å². The van der Waals surface area contributed by atoms with Gasteiger partial charge in [-0.05, 0) is 51.4 Å². The van der Waals surface area contributed by atoms with E-state index in [1.165, 1.54) is 6.92 Å². The predicted molar refractivity (Wildman–Crippen MR) is 83.4 cm³/mol. The van der Waals surface area contributed by atoms with Gasteiger partial charge in [-0.25, -0.2) is 9.59 Å². The van der Waals surface area contributed by atoms with Crippen LogP contribution in [0.1, 0.15) is 39.5 Å². The van der Waals surface area contributed by atoms with Gasteiger partial charge in [0.05, 0.1) is 12.7 Å². The summed E-state index contributed by atoms with van der Waals surface area (Å²) in [4.78, 5) is 22.8. The normalized spacial score (nSPS) is 23.0. The smallest absolute Gasteiger partial charge is 0.434 e. The van der Waals surface area contributed by atoms with Crippen LogP contribution in [0, 0.1) is 11.8 Å². The Labute approximate surface area is 142 Å². The van der Waals surface area contributed by atoms with Crippen molar-refractivity contribution in [2.75, 3.05) is 26.4 Å². The molecule has 2 atom stereocenters. The molecule has 0 amide bonds. The van der Waals surface area contributed by atoms with Crippen molar-refractivity contribution >= 4 is 12.3 Å². The summed E-state index contributed by atoms with van der Waals surface area (Å²) in [5.41, 5.74) is 0. The minimum Gasteiger partial charge on any atom is -0.434 e. The van der Waals surface area contributed by atoms with Crippen LogP contribution in [-0.4, -0.2) is 61.2 Å². The molecule has 0 radical (unpaired) electrons. The van der Waals surface area contributed by atoms with Crippen molar-refractivity contribution in [1.29, 1.82) is 0 Å². The van der Waals surface area contributed by atoms with Crippen LogP contribution in [-0.2, 0) is 18.9 Å². The molecule has 0 aromatic carbocycles. The molecule has 2 unspecified atom stereocenters. The first kappa shape index (κ1) is 20.5. The average molecular weight is 348 g/mol. The number of aliphatic hydroxyl groups is 2. The van der Waals surface area contributed by atoms with Gasteiger partial charge in [-0.1, -0.05) is 0 Å². The van der Waals surface area contributed by atoms with E-state index in [0.29, 0.717) is 18.4 Å². The van der Waals surface area contributed by atoms with Gasteiger partial charge in [-0.2, -0.15) is 0 Å². The number of carbonyl (C=O) groups excluding carboxylic acids is 2. The van der Waals surface area contributed by atoms with E-state index in [-0.39, 0.29) is 19.8 Å². The van der Waals surface area contributed by atoms with Crippen molar-refractivity contribution in [3.63, 3.8) is 0 Å². The fraction of sp³-hybridized carbons (Fsp3) is 0.875. The van der Waals surface area contributed by atoms with Gasteiger partial charge < -0.3 is 29.2 Å². The minimum atomic E-state index is -0.930. The second kappa shape index (κ2) is 11.1. The summed E-state index contributed by atoms with van der Waals surface area (Å²) in [7, 11) is 0. The first-order valence-corrected chi connectivity index (χ1v) is 8.32. The zero-order chi connectivity index (χ0) is 17.9. The van der Waals surface area contributed by atoms with Crippen LogP contribution in [0.15, 0.2) is 0 Å². The van der Waals surface area contributed by atoms with Crippen molar-refractivity contribution in [3.05, 3.63) is 0 Å². The topological polar surface area (TPSA) is 112 Å². The molecule has 1 rings (SSSR count). The van der Waals surface area contributed by atoms with Gasteiger partial charge in [0.15, 0.2) is 0 Å². The van der Waals surface area contributed by atoms with Gasteiger partial charge in [-0.15, -0.1) is 0 Å². The SMILES string of the molecule is CC(O)COC(=O)OC(C)COC(=O)OCC1CCC(CO)CC1. The summed E-state index contributed by atoms with van der Waals surface area (Å²) in [6, 6.07) is 0. The first-order chi connectivity index (χ1) is 11.4. The van der Waals surface area contributed by atoms with E-state index in [1.54, 1.807) is 6.92 Å². The van der Waals surface area contributed by atoms with Crippen LogP contribution < -0.4 is 0 Å². The van der Waals surface area contributed by atoms with E-state index in [2.05, 4.69) is 4.74 Å². The molecule has 24 heavy (non-hydrogen) atoms. The van der Waals surface area contributed by atoms with E-state index < -0.39 is 24.5 Å². The number of ether oxygens (including phenoxy) is 4. The lowest BCUT2D eigenvalue weighted by molar-refractivity contribution is -0.0237. The number of carbonyl (C=O) groups is 2. The molecular formula is C16H28O8. The zero-order valence-corrected chi connectivity index (χ0v) is 14.3. The maximum atomic E-state index is 11.5. The molecule has 0 saturated heterocycles. The molecule has 1 fully saturated rings. The minimum absolute atomic E-state index is 0.139. The molecule has 0 aliphatic heterocycles. The molecule has 0 spiro atoms. The Hall–Kier alpha value is -1.54. The Balaban J connectivity index is 2.09. The number of hydrogen-bond donors (Lipinski definition) is 2. The largest absolute Gasteiger partial charge is 0.508 e. The Kier molecular flexibility index (Phi) is 9.48. The van der Waals surface area contributed by atoms with Crippen LogP contribution in [0.4, 0.5) is 9.59 Å². The average Bonchev–Trinajstić information content (AvgIpc) is 2.56. The van der Waals surface area contributed by atoms with Crippen molar-refractivity contribution < 1.29 is 38.7 Å². The van der Waals surface area contributed by atoms with Gasteiger partial charge in [0.25, 0.3) is 0 Å². The molecule has 2 N–H and O–H groups in total. The highest BCUT2D eigenvalue weighted by Crippen LogP contribution is 2.28. The predicted octanol–water partition coefficient (Wildman–Crippen LogP) is 1.86. The number of rotatable bonds is 8. The summed E-state index contributed by atoms with van der Waals surface area (Å²) in [6.07, 6.45) is 0.553. The highest BCUT2D eigenvalue weighted by molar-refractivity contribution is 5.61. The maximum Gasteiger partial charge on any atom is 0.508 e. The Morgan fingerprint density at radius 1 is 0.958 bits per heavy atom. The molecule has 8 heteroatoms. The van der Waals surface area contributed by atoms with E-state index in [9.17, 15) is 9.59 Å². The summed E-state index contributed by atoms with van der Waals surface area (Å²) in [5.74, 6) is 0.657. The highest BCUT2D eigenvalue weighted by atomic mass is 16.8. The summed E-state index contributed by atoms with van der Waals surface area (Å²) < 4.78 is 19.4. The van der Waals surface area contributed by atoms with E-state index in [0.717, 1.165) is 25.7 Å². The number of aliphatic hydroxyl groups excluding tert-OH is 2. The molecule has 1 aliphatic carbocycles. The van der Waals surface area contributed by atoms with Crippen LogP contribution in [0.25, 0.3) is 0 Å². The quantitative estimate of drug-likeness (QED) is 0.639. The maximum absolute atomic E-state index is 11.5. The Morgan fingerprint density at radius 2 is 1.54 bits per heavy atom. The standard InChI is InChI=1S/C16H28O8/c1-11(18)8-21-16(20)24-12(2)9-22-15(19)23-10-14-5-3-13(7-17)4-6-14/h11-14,17-18H,3-10H2,1-2H3. The molecular weight excluding hydrogens is 320 g/mol. The van der Waals surface area contributed by atoms with Crippen molar-refractivity contribution in [1.82, 2.24) is 0 Å². The lowest BCUT2D eigenvalue weighted by atomic mass is 9.83.